The largest absolute Gasteiger partial charge is 0.383 e. The molecular formula is C22H23F2N5O2. The number of aromatic nitrogens is 3. The van der Waals surface area contributed by atoms with E-state index in [0.29, 0.717) is 36.4 Å². The van der Waals surface area contributed by atoms with Crippen molar-refractivity contribution in [3.63, 3.8) is 0 Å². The summed E-state index contributed by atoms with van der Waals surface area (Å²) in [6.45, 7) is 4.36. The summed E-state index contributed by atoms with van der Waals surface area (Å²) in [4.78, 5) is 19.0. The van der Waals surface area contributed by atoms with Crippen LogP contribution in [0.4, 0.5) is 20.3 Å². The van der Waals surface area contributed by atoms with Crippen LogP contribution < -0.4 is 10.2 Å². The third-order valence-corrected chi connectivity index (χ3v) is 4.58. The predicted octanol–water partition coefficient (Wildman–Crippen LogP) is 3.88. The molecule has 0 bridgehead atoms. The summed E-state index contributed by atoms with van der Waals surface area (Å²) in [6, 6.07) is 12.1. The zero-order valence-corrected chi connectivity index (χ0v) is 17.3. The summed E-state index contributed by atoms with van der Waals surface area (Å²) in [5, 5.41) is 6.56. The van der Waals surface area contributed by atoms with Gasteiger partial charge in [0.05, 0.1) is 29.7 Å². The highest BCUT2D eigenvalue weighted by atomic mass is 19.3. The summed E-state index contributed by atoms with van der Waals surface area (Å²) in [5.74, 6) is -3.51. The molecule has 0 saturated heterocycles. The van der Waals surface area contributed by atoms with Crippen LogP contribution in [0.25, 0.3) is 5.69 Å². The molecule has 2 heterocycles. The standard InChI is InChI=1S/C22H23F2N5O2/c1-4-22(23,24)20-18(15-29(27-20)17-8-6-5-7-9-17)21(30)26-16-10-11-19(25-14-16)28(2)12-13-31-3/h4-11,14-15H,1,12-13H2,2-3H3,(H,26,30). The Kier molecular flexibility index (Phi) is 6.76. The number of halogens is 2. The van der Waals surface area contributed by atoms with Gasteiger partial charge in [-0.1, -0.05) is 24.8 Å². The molecule has 0 aliphatic carbocycles. The molecule has 9 heteroatoms. The fraction of sp³-hybridized carbons (Fsp3) is 0.227. The lowest BCUT2D eigenvalue weighted by atomic mass is 10.1. The number of amides is 1. The monoisotopic (exact) mass is 427 g/mol. The van der Waals surface area contributed by atoms with Crippen molar-refractivity contribution in [3.05, 3.63) is 78.8 Å². The van der Waals surface area contributed by atoms with Crippen molar-refractivity contribution in [1.82, 2.24) is 14.8 Å². The van der Waals surface area contributed by atoms with Gasteiger partial charge in [-0.3, -0.25) is 4.79 Å². The minimum Gasteiger partial charge on any atom is -0.383 e. The highest BCUT2D eigenvalue weighted by molar-refractivity contribution is 6.05. The Hall–Kier alpha value is -3.59. The molecule has 3 rings (SSSR count). The van der Waals surface area contributed by atoms with Gasteiger partial charge >= 0.3 is 5.92 Å². The van der Waals surface area contributed by atoms with Crippen LogP contribution in [0.5, 0.6) is 0 Å². The Morgan fingerprint density at radius 2 is 2.03 bits per heavy atom. The molecular weight excluding hydrogens is 404 g/mol. The Balaban J connectivity index is 1.85. The maximum absolute atomic E-state index is 14.4. The molecule has 0 atom stereocenters. The number of carbonyl (C=O) groups excluding carboxylic acids is 1. The first-order valence-electron chi connectivity index (χ1n) is 9.50. The number of hydrogen-bond acceptors (Lipinski definition) is 5. The van der Waals surface area contributed by atoms with Crippen LogP contribution in [-0.4, -0.2) is 48.0 Å². The summed E-state index contributed by atoms with van der Waals surface area (Å²) >= 11 is 0. The van der Waals surface area contributed by atoms with Gasteiger partial charge in [-0.05, 0) is 30.3 Å². The zero-order chi connectivity index (χ0) is 22.4. The second-order valence-electron chi connectivity index (χ2n) is 6.77. The number of allylic oxidation sites excluding steroid dienone is 1. The van der Waals surface area contributed by atoms with E-state index in [0.717, 1.165) is 0 Å². The predicted molar refractivity (Wildman–Crippen MR) is 115 cm³/mol. The molecule has 162 valence electrons. The second kappa shape index (κ2) is 9.48. The lowest BCUT2D eigenvalue weighted by Crippen LogP contribution is -2.23. The fourth-order valence-corrected chi connectivity index (χ4v) is 2.82. The molecule has 0 unspecified atom stereocenters. The smallest absolute Gasteiger partial charge is 0.310 e. The minimum absolute atomic E-state index is 0.255. The van der Waals surface area contributed by atoms with E-state index in [4.69, 9.17) is 4.74 Å². The van der Waals surface area contributed by atoms with E-state index in [2.05, 4.69) is 22.0 Å². The van der Waals surface area contributed by atoms with Crippen LogP contribution in [0, 0.1) is 0 Å². The van der Waals surface area contributed by atoms with Crippen molar-refractivity contribution in [3.8, 4) is 5.69 Å². The summed E-state index contributed by atoms with van der Waals surface area (Å²) in [5.41, 5.74) is -0.00947. The van der Waals surface area contributed by atoms with Crippen molar-refractivity contribution in [2.24, 2.45) is 0 Å². The Bertz CT molecular complexity index is 1040. The molecule has 1 N–H and O–H groups in total. The number of alkyl halides is 2. The van der Waals surface area contributed by atoms with Crippen molar-refractivity contribution >= 4 is 17.4 Å². The number of nitrogens with zero attached hydrogens (tertiary/aromatic N) is 4. The third-order valence-electron chi connectivity index (χ3n) is 4.58. The average Bonchev–Trinajstić information content (AvgIpc) is 3.25. The van der Waals surface area contributed by atoms with Gasteiger partial charge < -0.3 is 15.0 Å². The van der Waals surface area contributed by atoms with Crippen LogP contribution in [0.2, 0.25) is 0 Å². The Morgan fingerprint density at radius 1 is 1.29 bits per heavy atom. The number of para-hydroxylation sites is 1. The van der Waals surface area contributed by atoms with Gasteiger partial charge in [0.1, 0.15) is 11.5 Å². The number of methoxy groups -OCH3 is 1. The first-order valence-corrected chi connectivity index (χ1v) is 9.50. The summed E-state index contributed by atoms with van der Waals surface area (Å²) in [7, 11) is 3.48. The SMILES string of the molecule is C=CC(F)(F)c1nn(-c2ccccc2)cc1C(=O)Nc1ccc(N(C)CCOC)nc1. The molecule has 3 aromatic rings. The van der Waals surface area contributed by atoms with Gasteiger partial charge in [0.15, 0.2) is 0 Å². The number of hydrogen-bond donors (Lipinski definition) is 1. The van der Waals surface area contributed by atoms with Crippen LogP contribution in [-0.2, 0) is 10.7 Å². The van der Waals surface area contributed by atoms with E-state index in [1.165, 1.54) is 17.1 Å². The van der Waals surface area contributed by atoms with Crippen LogP contribution >= 0.6 is 0 Å². The first-order chi connectivity index (χ1) is 14.9. The Morgan fingerprint density at radius 3 is 2.65 bits per heavy atom. The molecule has 0 spiro atoms. The number of nitrogens with one attached hydrogen (secondary N) is 1. The lowest BCUT2D eigenvalue weighted by Gasteiger charge is -2.17. The van der Waals surface area contributed by atoms with Crippen LogP contribution in [0.15, 0.2) is 67.5 Å². The van der Waals surface area contributed by atoms with Gasteiger partial charge in [-0.25, -0.2) is 9.67 Å². The van der Waals surface area contributed by atoms with Crippen LogP contribution in [0.3, 0.4) is 0 Å². The van der Waals surface area contributed by atoms with Crippen molar-refractivity contribution in [2.75, 3.05) is 37.5 Å². The van der Waals surface area contributed by atoms with E-state index in [-0.39, 0.29) is 5.56 Å². The van der Waals surface area contributed by atoms with Gasteiger partial charge in [-0.2, -0.15) is 13.9 Å². The number of anilines is 2. The molecule has 2 aromatic heterocycles. The second-order valence-corrected chi connectivity index (χ2v) is 6.77. The number of carbonyl (C=O) groups is 1. The lowest BCUT2D eigenvalue weighted by molar-refractivity contribution is 0.0458. The molecule has 0 saturated carbocycles. The van der Waals surface area contributed by atoms with E-state index in [1.807, 2.05) is 11.9 Å². The van der Waals surface area contributed by atoms with Gasteiger partial charge in [0.25, 0.3) is 5.91 Å². The fourth-order valence-electron chi connectivity index (χ4n) is 2.82. The van der Waals surface area contributed by atoms with Gasteiger partial charge in [0, 0.05) is 26.9 Å². The molecule has 7 nitrogen and oxygen atoms in total. The minimum atomic E-state index is -3.47. The average molecular weight is 427 g/mol. The highest BCUT2D eigenvalue weighted by Gasteiger charge is 2.36. The van der Waals surface area contributed by atoms with Crippen LogP contribution in [0.1, 0.15) is 16.1 Å². The number of benzene rings is 1. The van der Waals surface area contributed by atoms with E-state index < -0.39 is 17.5 Å². The highest BCUT2D eigenvalue weighted by Crippen LogP contribution is 2.31. The quantitative estimate of drug-likeness (QED) is 0.525. The number of likely N-dealkylation sites (N-methyl/N-ethyl adjacent to an activating group) is 1. The topological polar surface area (TPSA) is 72.3 Å². The Labute approximate surface area is 179 Å². The van der Waals surface area contributed by atoms with Crippen molar-refractivity contribution in [2.45, 2.75) is 5.92 Å². The van der Waals surface area contributed by atoms with E-state index in [9.17, 15) is 13.6 Å². The third kappa shape index (κ3) is 5.13. The number of ether oxygens (including phenoxy) is 1. The number of rotatable bonds is 9. The molecule has 1 aromatic carbocycles. The molecule has 1 amide bonds. The normalized spacial score (nSPS) is 11.2. The maximum Gasteiger partial charge on any atom is 0.310 e. The van der Waals surface area contributed by atoms with Gasteiger partial charge in [0.2, 0.25) is 0 Å². The molecule has 0 radical (unpaired) electrons. The van der Waals surface area contributed by atoms with Crippen molar-refractivity contribution < 1.29 is 18.3 Å². The maximum atomic E-state index is 14.4. The van der Waals surface area contributed by atoms with E-state index in [1.54, 1.807) is 49.6 Å². The van der Waals surface area contributed by atoms with Gasteiger partial charge in [-0.15, -0.1) is 0 Å². The molecule has 31 heavy (non-hydrogen) atoms. The van der Waals surface area contributed by atoms with E-state index >= 15 is 0 Å². The molecule has 0 aliphatic rings. The summed E-state index contributed by atoms with van der Waals surface area (Å²) < 4.78 is 35.1. The first kappa shape index (κ1) is 22.1. The molecule has 0 aliphatic heterocycles. The zero-order valence-electron chi connectivity index (χ0n) is 17.3. The molecule has 0 fully saturated rings. The van der Waals surface area contributed by atoms with Crippen molar-refractivity contribution in [1.29, 1.82) is 0 Å². The summed E-state index contributed by atoms with van der Waals surface area (Å²) in [6.07, 6.45) is 3.20. The number of pyridine rings is 1.